The van der Waals surface area contributed by atoms with Gasteiger partial charge in [0.05, 0.1) is 16.4 Å². The zero-order chi connectivity index (χ0) is 23.1. The lowest BCUT2D eigenvalue weighted by molar-refractivity contribution is 0.189. The fraction of sp³-hybridized carbons (Fsp3) is 0.296. The highest BCUT2D eigenvalue weighted by Crippen LogP contribution is 2.47. The number of unbranched alkanes of at least 4 members (excludes halogenated alkanes) is 1. The minimum Gasteiger partial charge on any atom is -0.478 e. The zero-order valence-corrected chi connectivity index (χ0v) is 22.4. The average molecular weight is 514 g/mol. The van der Waals surface area contributed by atoms with Gasteiger partial charge in [0.2, 0.25) is 0 Å². The summed E-state index contributed by atoms with van der Waals surface area (Å²) < 4.78 is 6.67. The van der Waals surface area contributed by atoms with Gasteiger partial charge in [-0.2, -0.15) is 0 Å². The van der Waals surface area contributed by atoms with E-state index in [2.05, 4.69) is 74.5 Å². The van der Waals surface area contributed by atoms with Crippen LogP contribution in [0.15, 0.2) is 106 Å². The van der Waals surface area contributed by atoms with E-state index in [1.54, 1.807) is 0 Å². The van der Waals surface area contributed by atoms with Gasteiger partial charge in [0.25, 0.3) is 0 Å². The van der Waals surface area contributed by atoms with E-state index in [0.29, 0.717) is 0 Å². The van der Waals surface area contributed by atoms with E-state index in [4.69, 9.17) is 9.73 Å². The Labute approximate surface area is 214 Å². The summed E-state index contributed by atoms with van der Waals surface area (Å²) in [5, 5.41) is 0. The molecule has 0 aromatic heterocycles. The van der Waals surface area contributed by atoms with Crippen molar-refractivity contribution in [1.82, 2.24) is 0 Å². The molecular formula is C27H31NOS4. The van der Waals surface area contributed by atoms with E-state index in [1.165, 1.54) is 22.6 Å². The third kappa shape index (κ3) is 10.6. The van der Waals surface area contributed by atoms with E-state index < -0.39 is 0 Å². The third-order valence-electron chi connectivity index (χ3n) is 4.64. The van der Waals surface area contributed by atoms with Gasteiger partial charge in [0.15, 0.2) is 5.90 Å². The molecule has 0 aliphatic carbocycles. The fourth-order valence-corrected chi connectivity index (χ4v) is 8.72. The van der Waals surface area contributed by atoms with E-state index in [9.17, 15) is 0 Å². The molecule has 3 aromatic rings. The van der Waals surface area contributed by atoms with Crippen LogP contribution >= 0.6 is 43.2 Å². The molecule has 0 fully saturated rings. The standard InChI is InChI=1S/C27H31NOS4/c1-3-4-14-22(2)29-26(28-23-15-8-5-9-16-23)21-27(32-30-24-17-10-6-11-18-24)33-31-25-19-12-7-13-20-25/h5-13,15-20,22,27H,3-4,14,21H2,1-2H3/b28-26-. The Bertz CT molecular complexity index is 895. The second-order valence-corrected chi connectivity index (χ2v) is 12.8. The first kappa shape index (κ1) is 26.1. The maximum absolute atomic E-state index is 6.40. The number of nitrogens with zero attached hydrogens (tertiary/aromatic N) is 1. The van der Waals surface area contributed by atoms with Crippen LogP contribution in [0.2, 0.25) is 0 Å². The van der Waals surface area contributed by atoms with Gasteiger partial charge in [0.1, 0.15) is 0 Å². The number of benzene rings is 3. The van der Waals surface area contributed by atoms with E-state index >= 15 is 0 Å². The van der Waals surface area contributed by atoms with Crippen molar-refractivity contribution in [3.63, 3.8) is 0 Å². The summed E-state index contributed by atoms with van der Waals surface area (Å²) in [5.74, 6) is 0.817. The molecule has 0 aliphatic heterocycles. The highest BCUT2D eigenvalue weighted by molar-refractivity contribution is 8.85. The topological polar surface area (TPSA) is 21.6 Å². The number of para-hydroxylation sites is 1. The Balaban J connectivity index is 1.73. The number of hydrogen-bond donors (Lipinski definition) is 0. The van der Waals surface area contributed by atoms with Crippen molar-refractivity contribution in [3.05, 3.63) is 91.0 Å². The molecule has 0 N–H and O–H groups in total. The predicted molar refractivity (Wildman–Crippen MR) is 152 cm³/mol. The van der Waals surface area contributed by atoms with E-state index in [1.807, 2.05) is 73.5 Å². The lowest BCUT2D eigenvalue weighted by atomic mass is 10.2. The fourth-order valence-electron chi connectivity index (χ4n) is 2.95. The Morgan fingerprint density at radius 2 is 1.30 bits per heavy atom. The largest absolute Gasteiger partial charge is 0.478 e. The second-order valence-electron chi connectivity index (χ2n) is 7.53. The molecular weight excluding hydrogens is 483 g/mol. The Morgan fingerprint density at radius 1 is 0.788 bits per heavy atom. The summed E-state index contributed by atoms with van der Waals surface area (Å²) in [4.78, 5) is 7.43. The van der Waals surface area contributed by atoms with Crippen LogP contribution in [0.25, 0.3) is 0 Å². The number of rotatable bonds is 13. The van der Waals surface area contributed by atoms with Gasteiger partial charge in [0, 0.05) is 16.2 Å². The normalized spacial score (nSPS) is 12.6. The van der Waals surface area contributed by atoms with Gasteiger partial charge >= 0.3 is 0 Å². The SMILES string of the molecule is CCCCC(C)O/C(CC(SSc1ccccc1)SSc1ccccc1)=N\c1ccccc1. The number of hydrogen-bond acceptors (Lipinski definition) is 6. The molecule has 33 heavy (non-hydrogen) atoms. The molecule has 1 atom stereocenters. The Kier molecular flexibility index (Phi) is 12.2. The summed E-state index contributed by atoms with van der Waals surface area (Å²) in [5.41, 5.74) is 0.940. The summed E-state index contributed by atoms with van der Waals surface area (Å²) in [6, 6.07) is 31.2. The molecule has 174 valence electrons. The smallest absolute Gasteiger partial charge is 0.190 e. The van der Waals surface area contributed by atoms with Crippen molar-refractivity contribution in [3.8, 4) is 0 Å². The molecule has 3 rings (SSSR count). The van der Waals surface area contributed by atoms with Crippen LogP contribution in [0.3, 0.4) is 0 Å². The molecule has 0 amide bonds. The minimum atomic E-state index is 0.159. The highest BCUT2D eigenvalue weighted by atomic mass is 33.1. The maximum Gasteiger partial charge on any atom is 0.190 e. The molecule has 6 heteroatoms. The number of ether oxygens (including phenoxy) is 1. The van der Waals surface area contributed by atoms with Crippen molar-refractivity contribution < 1.29 is 4.74 Å². The molecule has 0 aliphatic rings. The minimum absolute atomic E-state index is 0.159. The molecule has 2 nitrogen and oxygen atoms in total. The van der Waals surface area contributed by atoms with E-state index in [-0.39, 0.29) is 10.7 Å². The van der Waals surface area contributed by atoms with Gasteiger partial charge < -0.3 is 4.74 Å². The predicted octanol–water partition coefficient (Wildman–Crippen LogP) is 9.91. The molecule has 0 saturated carbocycles. The summed E-state index contributed by atoms with van der Waals surface area (Å²) in [6.07, 6.45) is 4.31. The maximum atomic E-state index is 6.40. The van der Waals surface area contributed by atoms with Crippen molar-refractivity contribution in [2.24, 2.45) is 4.99 Å². The van der Waals surface area contributed by atoms with Crippen LogP contribution in [-0.2, 0) is 4.74 Å². The third-order valence-corrected chi connectivity index (χ3v) is 11.0. The first-order valence-electron chi connectivity index (χ1n) is 11.3. The lowest BCUT2D eigenvalue weighted by Gasteiger charge is -2.20. The quantitative estimate of drug-likeness (QED) is 0.0978. The average Bonchev–Trinajstić information content (AvgIpc) is 2.86. The van der Waals surface area contributed by atoms with Crippen molar-refractivity contribution in [2.45, 2.75) is 60.0 Å². The van der Waals surface area contributed by atoms with Crippen molar-refractivity contribution in [1.29, 1.82) is 0 Å². The highest BCUT2D eigenvalue weighted by Gasteiger charge is 2.19. The molecule has 1 unspecified atom stereocenters. The molecule has 0 radical (unpaired) electrons. The van der Waals surface area contributed by atoms with Gasteiger partial charge in [-0.1, -0.05) is 118 Å². The Morgan fingerprint density at radius 3 is 1.82 bits per heavy atom. The zero-order valence-electron chi connectivity index (χ0n) is 19.1. The second kappa shape index (κ2) is 15.4. The Hall–Kier alpha value is -1.47. The van der Waals surface area contributed by atoms with Gasteiger partial charge in [-0.15, -0.1) is 0 Å². The molecule has 0 saturated heterocycles. The molecule has 3 aromatic carbocycles. The van der Waals surface area contributed by atoms with Gasteiger partial charge in [-0.25, -0.2) is 4.99 Å². The monoisotopic (exact) mass is 513 g/mol. The van der Waals surface area contributed by atoms with E-state index in [0.717, 1.165) is 24.4 Å². The van der Waals surface area contributed by atoms with Gasteiger partial charge in [-0.05, 0) is 49.7 Å². The molecule has 0 heterocycles. The first-order chi connectivity index (χ1) is 16.2. The molecule has 0 spiro atoms. The number of aliphatic imine (C=N–C) groups is 1. The lowest BCUT2D eigenvalue weighted by Crippen LogP contribution is -2.17. The first-order valence-corrected chi connectivity index (χ1v) is 15.7. The summed E-state index contributed by atoms with van der Waals surface area (Å²) in [6.45, 7) is 4.37. The summed E-state index contributed by atoms with van der Waals surface area (Å²) in [7, 11) is 7.38. The molecule has 0 bridgehead atoms. The van der Waals surface area contributed by atoms with Gasteiger partial charge in [-0.3, -0.25) is 0 Å². The van der Waals surface area contributed by atoms with Crippen LogP contribution in [0.1, 0.15) is 39.5 Å². The van der Waals surface area contributed by atoms with Crippen LogP contribution in [0, 0.1) is 0 Å². The van der Waals surface area contributed by atoms with Crippen LogP contribution in [0.5, 0.6) is 0 Å². The van der Waals surface area contributed by atoms with Crippen LogP contribution in [-0.4, -0.2) is 16.6 Å². The van der Waals surface area contributed by atoms with Crippen molar-refractivity contribution in [2.75, 3.05) is 0 Å². The van der Waals surface area contributed by atoms with Crippen LogP contribution in [0.4, 0.5) is 5.69 Å². The van der Waals surface area contributed by atoms with Crippen LogP contribution < -0.4 is 0 Å². The summed E-state index contributed by atoms with van der Waals surface area (Å²) >= 11 is 0. The van der Waals surface area contributed by atoms with Crippen molar-refractivity contribution >= 4 is 54.8 Å².